The highest BCUT2D eigenvalue weighted by Gasteiger charge is 2.75. The molecule has 128 valence electrons. The van der Waals surface area contributed by atoms with Crippen LogP contribution < -0.4 is 9.47 Å². The molecule has 0 radical (unpaired) electrons. The summed E-state index contributed by atoms with van der Waals surface area (Å²) in [7, 11) is 1.28. The number of hydrogen-bond acceptors (Lipinski definition) is 3. The molecule has 0 fully saturated rings. The van der Waals surface area contributed by atoms with E-state index in [2.05, 4.69) is 4.74 Å². The number of carbonyl (C=O) groups excluding carboxylic acids is 1. The predicted octanol–water partition coefficient (Wildman–Crippen LogP) is 3.99. The van der Waals surface area contributed by atoms with Crippen molar-refractivity contribution in [2.24, 2.45) is 0 Å². The molecule has 0 saturated carbocycles. The topological polar surface area (TPSA) is 35.5 Å². The Morgan fingerprint density at radius 1 is 0.957 bits per heavy atom. The van der Waals surface area contributed by atoms with Gasteiger partial charge >= 0.3 is 18.0 Å². The molecule has 3 nitrogen and oxygen atoms in total. The third-order valence-electron chi connectivity index (χ3n) is 2.57. The second kappa shape index (κ2) is 6.47. The summed E-state index contributed by atoms with van der Waals surface area (Å²) in [6.07, 6.45) is -7.13. The average molecular weight is 346 g/mol. The van der Waals surface area contributed by atoms with Crippen molar-refractivity contribution in [3.05, 3.63) is 36.1 Å². The molecule has 0 atom stereocenters. The van der Waals surface area contributed by atoms with Gasteiger partial charge in [0, 0.05) is 6.08 Å². The van der Waals surface area contributed by atoms with E-state index in [0.717, 1.165) is 12.1 Å². The first-order valence-corrected chi connectivity index (χ1v) is 5.77. The molecule has 1 rings (SSSR count). The van der Waals surface area contributed by atoms with Gasteiger partial charge in [-0.25, -0.2) is 0 Å². The van der Waals surface area contributed by atoms with E-state index in [9.17, 15) is 35.5 Å². The first-order valence-electron chi connectivity index (χ1n) is 5.77. The number of methoxy groups -OCH3 is 1. The molecule has 0 N–H and O–H groups in total. The van der Waals surface area contributed by atoms with Crippen LogP contribution in [-0.4, -0.2) is 31.4 Å². The summed E-state index contributed by atoms with van der Waals surface area (Å²) < 4.78 is 98.5. The Labute approximate surface area is 125 Å². The Morgan fingerprint density at radius 3 is 1.83 bits per heavy atom. The van der Waals surface area contributed by atoms with Crippen LogP contribution in [0.2, 0.25) is 0 Å². The third-order valence-corrected chi connectivity index (χ3v) is 2.57. The Kier molecular flexibility index (Phi) is 5.28. The molecule has 0 aliphatic carbocycles. The van der Waals surface area contributed by atoms with Gasteiger partial charge in [-0.1, -0.05) is 0 Å². The molecule has 0 aliphatic rings. The molecule has 23 heavy (non-hydrogen) atoms. The average Bonchev–Trinajstić information content (AvgIpc) is 2.46. The lowest BCUT2D eigenvalue weighted by Crippen LogP contribution is -2.53. The van der Waals surface area contributed by atoms with Crippen molar-refractivity contribution in [2.45, 2.75) is 18.0 Å². The molecule has 1 aromatic carbocycles. The fourth-order valence-electron chi connectivity index (χ4n) is 1.37. The third kappa shape index (κ3) is 3.74. The van der Waals surface area contributed by atoms with Crippen molar-refractivity contribution >= 4 is 6.29 Å². The maximum atomic E-state index is 13.5. The van der Waals surface area contributed by atoms with Gasteiger partial charge in [0.15, 0.2) is 5.76 Å². The summed E-state index contributed by atoms with van der Waals surface area (Å²) >= 11 is 0. The van der Waals surface area contributed by atoms with Crippen molar-refractivity contribution in [2.75, 3.05) is 7.11 Å². The number of rotatable bonds is 6. The number of alkyl halides is 7. The molecular formula is C13H9F7O3. The van der Waals surface area contributed by atoms with Gasteiger partial charge in [0.25, 0.3) is 0 Å². The second-order valence-electron chi connectivity index (χ2n) is 4.09. The van der Waals surface area contributed by atoms with Crippen LogP contribution in [0.3, 0.4) is 0 Å². The maximum absolute atomic E-state index is 13.5. The SMILES string of the molecule is COc1ccc(O/C(=C/C=O)C(F)(F)C(F)(F)C(F)(F)F)cc1. The van der Waals surface area contributed by atoms with Crippen LogP contribution in [0.15, 0.2) is 36.1 Å². The summed E-state index contributed by atoms with van der Waals surface area (Å²) in [5.41, 5.74) is 0. The van der Waals surface area contributed by atoms with Gasteiger partial charge in [-0.05, 0) is 24.3 Å². The minimum absolute atomic E-state index is 0.204. The zero-order chi connectivity index (χ0) is 17.9. The second-order valence-corrected chi connectivity index (χ2v) is 4.09. The molecule has 0 amide bonds. The lowest BCUT2D eigenvalue weighted by Gasteiger charge is -2.29. The quantitative estimate of drug-likeness (QED) is 0.338. The van der Waals surface area contributed by atoms with Crippen molar-refractivity contribution in [3.8, 4) is 11.5 Å². The van der Waals surface area contributed by atoms with Gasteiger partial charge in [-0.15, -0.1) is 0 Å². The van der Waals surface area contributed by atoms with E-state index in [4.69, 9.17) is 4.74 Å². The number of carbonyl (C=O) groups is 1. The van der Waals surface area contributed by atoms with Crippen LogP contribution in [-0.2, 0) is 4.79 Å². The number of ether oxygens (including phenoxy) is 2. The highest BCUT2D eigenvalue weighted by atomic mass is 19.4. The highest BCUT2D eigenvalue weighted by Crippen LogP contribution is 2.49. The van der Waals surface area contributed by atoms with E-state index in [1.54, 1.807) is 0 Å². The zero-order valence-corrected chi connectivity index (χ0v) is 11.3. The molecule has 1 aromatic rings. The summed E-state index contributed by atoms with van der Waals surface area (Å²) in [5, 5.41) is 0. The lowest BCUT2D eigenvalue weighted by molar-refractivity contribution is -0.348. The fourth-order valence-corrected chi connectivity index (χ4v) is 1.37. The lowest BCUT2D eigenvalue weighted by atomic mass is 10.1. The molecule has 0 heterocycles. The van der Waals surface area contributed by atoms with E-state index < -0.39 is 29.5 Å². The number of halogens is 7. The maximum Gasteiger partial charge on any atom is 0.460 e. The van der Waals surface area contributed by atoms with E-state index in [1.165, 1.54) is 19.2 Å². The summed E-state index contributed by atoms with van der Waals surface area (Å²) in [6.45, 7) is 0. The van der Waals surface area contributed by atoms with Gasteiger partial charge in [0.05, 0.1) is 7.11 Å². The number of hydrogen-bond donors (Lipinski definition) is 0. The molecule has 0 spiro atoms. The number of benzene rings is 1. The molecule has 0 saturated heterocycles. The van der Waals surface area contributed by atoms with Gasteiger partial charge in [-0.3, -0.25) is 4.79 Å². The van der Waals surface area contributed by atoms with Crippen LogP contribution in [0.5, 0.6) is 11.5 Å². The minimum Gasteiger partial charge on any atom is -0.497 e. The molecular weight excluding hydrogens is 337 g/mol. The molecule has 0 aliphatic heterocycles. The number of allylic oxidation sites excluding steroid dienone is 2. The fraction of sp³-hybridized carbons (Fsp3) is 0.308. The minimum atomic E-state index is -6.54. The normalized spacial score (nSPS) is 13.7. The highest BCUT2D eigenvalue weighted by molar-refractivity contribution is 5.66. The Morgan fingerprint density at radius 2 is 1.43 bits per heavy atom. The largest absolute Gasteiger partial charge is 0.497 e. The van der Waals surface area contributed by atoms with Crippen LogP contribution in [0.4, 0.5) is 30.7 Å². The molecule has 0 unspecified atom stereocenters. The summed E-state index contributed by atoms with van der Waals surface area (Å²) in [6, 6.07) is 4.35. The van der Waals surface area contributed by atoms with Crippen molar-refractivity contribution in [1.29, 1.82) is 0 Å². The molecule has 0 bridgehead atoms. The Hall–Kier alpha value is -2.26. The Bertz CT molecular complexity index is 576. The molecule has 10 heteroatoms. The van der Waals surface area contributed by atoms with Crippen LogP contribution in [0, 0.1) is 0 Å². The van der Waals surface area contributed by atoms with Crippen LogP contribution in [0.1, 0.15) is 0 Å². The monoisotopic (exact) mass is 346 g/mol. The summed E-state index contributed by atoms with van der Waals surface area (Å²) in [4.78, 5) is 10.3. The molecule has 0 aromatic heterocycles. The van der Waals surface area contributed by atoms with Gasteiger partial charge in [0.1, 0.15) is 17.8 Å². The Balaban J connectivity index is 3.20. The zero-order valence-electron chi connectivity index (χ0n) is 11.3. The van der Waals surface area contributed by atoms with E-state index in [0.29, 0.717) is 0 Å². The first kappa shape index (κ1) is 18.8. The van der Waals surface area contributed by atoms with Crippen LogP contribution in [0.25, 0.3) is 0 Å². The smallest absolute Gasteiger partial charge is 0.460 e. The van der Waals surface area contributed by atoms with Crippen molar-refractivity contribution in [3.63, 3.8) is 0 Å². The van der Waals surface area contributed by atoms with Crippen molar-refractivity contribution < 1.29 is 45.0 Å². The number of aldehydes is 1. The van der Waals surface area contributed by atoms with Gasteiger partial charge < -0.3 is 9.47 Å². The standard InChI is InChI=1S/C13H9F7O3/c1-22-8-2-4-9(5-3-8)23-10(6-7-21)11(14,15)12(16,17)13(18,19)20/h2-7H,1H3/b10-6+. The van der Waals surface area contributed by atoms with Gasteiger partial charge in [0.2, 0.25) is 0 Å². The first-order chi connectivity index (χ1) is 10.5. The van der Waals surface area contributed by atoms with Crippen molar-refractivity contribution in [1.82, 2.24) is 0 Å². The van der Waals surface area contributed by atoms with Gasteiger partial charge in [-0.2, -0.15) is 30.7 Å². The van der Waals surface area contributed by atoms with E-state index >= 15 is 0 Å². The van der Waals surface area contributed by atoms with E-state index in [-0.39, 0.29) is 18.1 Å². The van der Waals surface area contributed by atoms with Crippen LogP contribution >= 0.6 is 0 Å². The predicted molar refractivity (Wildman–Crippen MR) is 63.7 cm³/mol. The van der Waals surface area contributed by atoms with E-state index in [1.807, 2.05) is 0 Å². The summed E-state index contributed by atoms with van der Waals surface area (Å²) in [5.74, 6) is -14.6.